The zero-order valence-electron chi connectivity index (χ0n) is 10.7. The maximum absolute atomic E-state index is 10.1. The fourth-order valence-electron chi connectivity index (χ4n) is 2.91. The van der Waals surface area contributed by atoms with Gasteiger partial charge in [0.05, 0.1) is 6.10 Å². The van der Waals surface area contributed by atoms with Crippen LogP contribution in [-0.2, 0) is 6.42 Å². The number of aryl methyl sites for hydroxylation is 1. The van der Waals surface area contributed by atoms with Crippen LogP contribution in [0.4, 0.5) is 0 Å². The molecular formula is C15H15Cl2NO. The van der Waals surface area contributed by atoms with Crippen LogP contribution in [0.25, 0.3) is 5.69 Å². The van der Waals surface area contributed by atoms with E-state index >= 15 is 0 Å². The Hall–Kier alpha value is -0.960. The number of hydrogen-bond donors (Lipinski definition) is 1. The number of aliphatic hydroxyl groups excluding tert-OH is 1. The van der Waals surface area contributed by atoms with E-state index in [0.717, 1.165) is 36.2 Å². The van der Waals surface area contributed by atoms with Gasteiger partial charge in [-0.3, -0.25) is 0 Å². The van der Waals surface area contributed by atoms with Crippen molar-refractivity contribution in [1.82, 2.24) is 4.57 Å². The van der Waals surface area contributed by atoms with Crippen molar-refractivity contribution in [2.75, 3.05) is 0 Å². The third-order valence-corrected chi connectivity index (χ3v) is 4.11. The summed E-state index contributed by atoms with van der Waals surface area (Å²) in [5, 5.41) is 11.3. The Morgan fingerprint density at radius 2 is 1.84 bits per heavy atom. The van der Waals surface area contributed by atoms with E-state index in [1.807, 2.05) is 19.1 Å². The van der Waals surface area contributed by atoms with Crippen molar-refractivity contribution in [1.29, 1.82) is 0 Å². The van der Waals surface area contributed by atoms with E-state index in [2.05, 4.69) is 10.6 Å². The highest BCUT2D eigenvalue weighted by Gasteiger charge is 2.23. The van der Waals surface area contributed by atoms with Crippen LogP contribution in [0, 0.1) is 6.92 Å². The van der Waals surface area contributed by atoms with Crippen molar-refractivity contribution >= 4 is 23.2 Å². The van der Waals surface area contributed by atoms with Crippen LogP contribution >= 0.6 is 23.2 Å². The van der Waals surface area contributed by atoms with Gasteiger partial charge in [-0.2, -0.15) is 0 Å². The summed E-state index contributed by atoms with van der Waals surface area (Å²) >= 11 is 12.2. The molecule has 1 aliphatic carbocycles. The van der Waals surface area contributed by atoms with Gasteiger partial charge in [0.1, 0.15) is 0 Å². The van der Waals surface area contributed by atoms with Crippen LogP contribution in [0.15, 0.2) is 24.3 Å². The molecule has 0 saturated heterocycles. The van der Waals surface area contributed by atoms with E-state index in [4.69, 9.17) is 23.2 Å². The second-order valence-corrected chi connectivity index (χ2v) is 5.93. The minimum atomic E-state index is -0.349. The van der Waals surface area contributed by atoms with E-state index in [9.17, 15) is 5.11 Å². The number of fused-ring (bicyclic) bond motifs is 1. The van der Waals surface area contributed by atoms with E-state index in [-0.39, 0.29) is 6.10 Å². The van der Waals surface area contributed by atoms with Gasteiger partial charge in [-0.25, -0.2) is 0 Å². The highest BCUT2D eigenvalue weighted by atomic mass is 35.5. The van der Waals surface area contributed by atoms with E-state index in [1.54, 1.807) is 6.07 Å². The molecule has 1 unspecified atom stereocenters. The number of aliphatic hydroxyl groups is 1. The van der Waals surface area contributed by atoms with Crippen molar-refractivity contribution in [2.24, 2.45) is 0 Å². The van der Waals surface area contributed by atoms with Crippen LogP contribution in [-0.4, -0.2) is 9.67 Å². The molecule has 1 heterocycles. The molecule has 1 aliphatic rings. The fraction of sp³-hybridized carbons (Fsp3) is 0.333. The van der Waals surface area contributed by atoms with Crippen molar-refractivity contribution < 1.29 is 5.11 Å². The zero-order valence-corrected chi connectivity index (χ0v) is 12.2. The Balaban J connectivity index is 2.20. The largest absolute Gasteiger partial charge is 0.388 e. The van der Waals surface area contributed by atoms with Gasteiger partial charge in [-0.15, -0.1) is 0 Å². The Bertz CT molecular complexity index is 613. The molecule has 1 aromatic heterocycles. The lowest BCUT2D eigenvalue weighted by molar-refractivity contribution is 0.156. The first-order valence-corrected chi connectivity index (χ1v) is 7.17. The molecule has 4 heteroatoms. The highest BCUT2D eigenvalue weighted by molar-refractivity contribution is 6.34. The standard InChI is InChI=1S/C15H15Cl2NO/c1-9-5-13-14(3-2-4-15(13)19)18(9)12-7-10(16)6-11(17)8-12/h5-8,15,19H,2-4H2,1H3. The molecule has 0 saturated carbocycles. The van der Waals surface area contributed by atoms with Crippen molar-refractivity contribution in [3.8, 4) is 5.69 Å². The summed E-state index contributed by atoms with van der Waals surface area (Å²) in [5.41, 5.74) is 4.28. The highest BCUT2D eigenvalue weighted by Crippen LogP contribution is 2.35. The summed E-state index contributed by atoms with van der Waals surface area (Å²) in [6, 6.07) is 7.60. The molecule has 100 valence electrons. The third-order valence-electron chi connectivity index (χ3n) is 3.68. The maximum Gasteiger partial charge on any atom is 0.0807 e. The number of benzene rings is 1. The number of nitrogens with zero attached hydrogens (tertiary/aromatic N) is 1. The predicted octanol–water partition coefficient (Wildman–Crippen LogP) is 4.46. The molecule has 0 amide bonds. The molecule has 0 aliphatic heterocycles. The van der Waals surface area contributed by atoms with Crippen LogP contribution in [0.2, 0.25) is 10.0 Å². The minimum Gasteiger partial charge on any atom is -0.388 e. The quantitative estimate of drug-likeness (QED) is 0.825. The molecule has 0 spiro atoms. The molecule has 1 atom stereocenters. The van der Waals surface area contributed by atoms with Gasteiger partial charge in [0.25, 0.3) is 0 Å². The molecule has 0 bridgehead atoms. The summed E-state index contributed by atoms with van der Waals surface area (Å²) in [6.45, 7) is 2.04. The van der Waals surface area contributed by atoms with Gasteiger partial charge < -0.3 is 9.67 Å². The minimum absolute atomic E-state index is 0.349. The van der Waals surface area contributed by atoms with Crippen molar-refractivity contribution in [2.45, 2.75) is 32.3 Å². The summed E-state index contributed by atoms with van der Waals surface area (Å²) in [7, 11) is 0. The number of rotatable bonds is 1. The van der Waals surface area contributed by atoms with E-state index in [1.165, 1.54) is 5.69 Å². The second kappa shape index (κ2) is 4.86. The first kappa shape index (κ1) is 13.0. The first-order chi connectivity index (χ1) is 9.06. The van der Waals surface area contributed by atoms with E-state index in [0.29, 0.717) is 10.0 Å². The molecule has 2 nitrogen and oxygen atoms in total. The zero-order chi connectivity index (χ0) is 13.6. The fourth-order valence-corrected chi connectivity index (χ4v) is 3.42. The average molecular weight is 296 g/mol. The lowest BCUT2D eigenvalue weighted by atomic mass is 9.95. The number of halogens is 2. The van der Waals surface area contributed by atoms with Crippen LogP contribution < -0.4 is 0 Å². The summed E-state index contributed by atoms with van der Waals surface area (Å²) in [6.07, 6.45) is 2.47. The molecule has 2 aromatic rings. The normalized spacial score (nSPS) is 18.4. The molecular weight excluding hydrogens is 281 g/mol. The topological polar surface area (TPSA) is 25.2 Å². The first-order valence-electron chi connectivity index (χ1n) is 6.42. The SMILES string of the molecule is Cc1cc2c(n1-c1cc(Cl)cc(Cl)c1)CCCC2O. The molecule has 0 fully saturated rings. The summed E-state index contributed by atoms with van der Waals surface area (Å²) in [5.74, 6) is 0. The maximum atomic E-state index is 10.1. The van der Waals surface area contributed by atoms with Gasteiger partial charge in [0.2, 0.25) is 0 Å². The summed E-state index contributed by atoms with van der Waals surface area (Å²) < 4.78 is 2.15. The summed E-state index contributed by atoms with van der Waals surface area (Å²) in [4.78, 5) is 0. The molecule has 1 N–H and O–H groups in total. The number of hydrogen-bond acceptors (Lipinski definition) is 1. The van der Waals surface area contributed by atoms with Gasteiger partial charge in [-0.05, 0) is 50.5 Å². The van der Waals surface area contributed by atoms with Crippen molar-refractivity contribution in [3.05, 3.63) is 51.3 Å². The Labute approximate surface area is 122 Å². The third kappa shape index (κ3) is 2.29. The number of aromatic nitrogens is 1. The van der Waals surface area contributed by atoms with Crippen LogP contribution in [0.1, 0.15) is 35.9 Å². The van der Waals surface area contributed by atoms with Gasteiger partial charge >= 0.3 is 0 Å². The Morgan fingerprint density at radius 3 is 2.53 bits per heavy atom. The lowest BCUT2D eigenvalue weighted by Gasteiger charge is -2.20. The smallest absolute Gasteiger partial charge is 0.0807 e. The van der Waals surface area contributed by atoms with E-state index < -0.39 is 0 Å². The van der Waals surface area contributed by atoms with Crippen LogP contribution in [0.3, 0.4) is 0 Å². The average Bonchev–Trinajstić information content (AvgIpc) is 2.65. The van der Waals surface area contributed by atoms with Gasteiger partial charge in [0.15, 0.2) is 0 Å². The molecule has 1 aromatic carbocycles. The van der Waals surface area contributed by atoms with Gasteiger partial charge in [-0.1, -0.05) is 23.2 Å². The van der Waals surface area contributed by atoms with Crippen molar-refractivity contribution in [3.63, 3.8) is 0 Å². The Kier molecular flexibility index (Phi) is 3.34. The Morgan fingerprint density at radius 1 is 1.16 bits per heavy atom. The lowest BCUT2D eigenvalue weighted by Crippen LogP contribution is -2.11. The van der Waals surface area contributed by atoms with Gasteiger partial charge in [0, 0.05) is 32.7 Å². The molecule has 19 heavy (non-hydrogen) atoms. The molecule has 3 rings (SSSR count). The predicted molar refractivity (Wildman–Crippen MR) is 78.4 cm³/mol. The van der Waals surface area contributed by atoms with Crippen LogP contribution in [0.5, 0.6) is 0 Å². The molecule has 0 radical (unpaired) electrons. The second-order valence-electron chi connectivity index (χ2n) is 5.06. The monoisotopic (exact) mass is 295 g/mol.